The van der Waals surface area contributed by atoms with Crippen molar-refractivity contribution >= 4 is 0 Å². The summed E-state index contributed by atoms with van der Waals surface area (Å²) in [6, 6.07) is 0. The van der Waals surface area contributed by atoms with E-state index in [1.54, 1.807) is 0 Å². The van der Waals surface area contributed by atoms with Gasteiger partial charge in [-0.05, 0) is 19.3 Å². The molecule has 2 fully saturated rings. The molecule has 2 atom stereocenters. The highest BCUT2D eigenvalue weighted by molar-refractivity contribution is 5.05. The molecule has 1 aliphatic carbocycles. The average molecular weight is 226 g/mol. The van der Waals surface area contributed by atoms with E-state index < -0.39 is 24.4 Å². The van der Waals surface area contributed by atoms with Gasteiger partial charge in [0, 0.05) is 0 Å². The van der Waals surface area contributed by atoms with Gasteiger partial charge in [0.1, 0.15) is 0 Å². The third-order valence-electron chi connectivity index (χ3n) is 2.62. The van der Waals surface area contributed by atoms with Gasteiger partial charge < -0.3 is 9.47 Å². The molecule has 0 aromatic carbocycles. The van der Waals surface area contributed by atoms with Crippen molar-refractivity contribution < 1.29 is 27.0 Å². The molecule has 0 spiro atoms. The Morgan fingerprint density at radius 2 is 1.60 bits per heavy atom. The van der Waals surface area contributed by atoms with Crippen molar-refractivity contribution in [3.8, 4) is 0 Å². The Hall–Kier alpha value is -0.620. The molecule has 0 amide bonds. The molecule has 0 radical (unpaired) electrons. The van der Waals surface area contributed by atoms with Crippen molar-refractivity contribution in [2.75, 3.05) is 0 Å². The molecule has 0 aromatic rings. The summed E-state index contributed by atoms with van der Waals surface area (Å²) in [6.45, 7) is 3.62. The van der Waals surface area contributed by atoms with Gasteiger partial charge >= 0.3 is 12.2 Å². The lowest BCUT2D eigenvalue weighted by molar-refractivity contribution is -0.489. The maximum Gasteiger partial charge on any atom is 0.448 e. The Bertz CT molecular complexity index is 290. The van der Waals surface area contributed by atoms with E-state index in [1.165, 1.54) is 0 Å². The van der Waals surface area contributed by atoms with Crippen LogP contribution in [0.2, 0.25) is 0 Å². The molecule has 2 aliphatic rings. The van der Waals surface area contributed by atoms with Crippen molar-refractivity contribution in [3.63, 3.8) is 0 Å². The average Bonchev–Trinajstić information content (AvgIpc) is 2.07. The van der Waals surface area contributed by atoms with Crippen LogP contribution in [0, 0.1) is 0 Å². The van der Waals surface area contributed by atoms with Gasteiger partial charge in [-0.15, -0.1) is 0 Å². The second-order valence-corrected chi connectivity index (χ2v) is 3.84. The topological polar surface area (TPSA) is 18.5 Å². The highest BCUT2D eigenvalue weighted by Crippen LogP contribution is 2.46. The molecule has 86 valence electrons. The molecule has 0 N–H and O–H groups in total. The first-order valence-corrected chi connectivity index (χ1v) is 4.60. The first-order valence-electron chi connectivity index (χ1n) is 4.60. The second-order valence-electron chi connectivity index (χ2n) is 3.84. The molecule has 1 aliphatic heterocycles. The van der Waals surface area contributed by atoms with Gasteiger partial charge in [0.2, 0.25) is 0 Å². The predicted octanol–water partition coefficient (Wildman–Crippen LogP) is 2.70. The minimum atomic E-state index is -4.55. The Morgan fingerprint density at radius 1 is 1.07 bits per heavy atom. The molecule has 2 nitrogen and oxygen atoms in total. The molecule has 2 rings (SSSR count). The summed E-state index contributed by atoms with van der Waals surface area (Å²) in [5.74, 6) is 0. The Balaban J connectivity index is 2.17. The molecule has 0 bridgehead atoms. The zero-order chi connectivity index (χ0) is 11.3. The standard InChI is InChI=1S/C9H10F4O2/c1-5-2-3-6-7(4-5)15-9(12,13)8(10,11)14-6/h6-7H,1-4H2. The fraction of sp³-hybridized carbons (Fsp3) is 0.778. The van der Waals surface area contributed by atoms with Crippen molar-refractivity contribution in [3.05, 3.63) is 12.2 Å². The summed E-state index contributed by atoms with van der Waals surface area (Å²) in [7, 11) is 0. The first kappa shape index (κ1) is 10.9. The molecule has 0 aromatic heterocycles. The number of ether oxygens (including phenoxy) is 2. The molecule has 2 unspecified atom stereocenters. The van der Waals surface area contributed by atoms with Crippen LogP contribution in [-0.2, 0) is 9.47 Å². The van der Waals surface area contributed by atoms with Gasteiger partial charge in [0.25, 0.3) is 0 Å². The Morgan fingerprint density at radius 3 is 2.20 bits per heavy atom. The first-order chi connectivity index (χ1) is 6.82. The summed E-state index contributed by atoms with van der Waals surface area (Å²) in [6.07, 6.45) is -10.2. The molecule has 1 saturated heterocycles. The van der Waals surface area contributed by atoms with Crippen LogP contribution in [0.1, 0.15) is 19.3 Å². The molecular formula is C9H10F4O2. The molecule has 1 saturated carbocycles. The fourth-order valence-electron chi connectivity index (χ4n) is 1.82. The van der Waals surface area contributed by atoms with Crippen molar-refractivity contribution in [1.29, 1.82) is 0 Å². The normalized spacial score (nSPS) is 38.5. The van der Waals surface area contributed by atoms with E-state index in [0.29, 0.717) is 6.42 Å². The van der Waals surface area contributed by atoms with Crippen molar-refractivity contribution in [2.45, 2.75) is 43.7 Å². The quantitative estimate of drug-likeness (QED) is 0.467. The van der Waals surface area contributed by atoms with Gasteiger partial charge in [-0.3, -0.25) is 0 Å². The van der Waals surface area contributed by atoms with Crippen LogP contribution in [0.4, 0.5) is 17.6 Å². The maximum absolute atomic E-state index is 12.8. The largest absolute Gasteiger partial charge is 0.448 e. The maximum atomic E-state index is 12.8. The van der Waals surface area contributed by atoms with Gasteiger partial charge in [0.05, 0.1) is 12.2 Å². The van der Waals surface area contributed by atoms with Gasteiger partial charge in [-0.2, -0.15) is 17.6 Å². The van der Waals surface area contributed by atoms with E-state index in [-0.39, 0.29) is 12.8 Å². The zero-order valence-electron chi connectivity index (χ0n) is 7.81. The lowest BCUT2D eigenvalue weighted by Gasteiger charge is -2.42. The number of hydrogen-bond acceptors (Lipinski definition) is 2. The van der Waals surface area contributed by atoms with E-state index in [0.717, 1.165) is 5.57 Å². The fourth-order valence-corrected chi connectivity index (χ4v) is 1.82. The number of hydrogen-bond donors (Lipinski definition) is 0. The van der Waals surface area contributed by atoms with E-state index in [4.69, 9.17) is 0 Å². The predicted molar refractivity (Wildman–Crippen MR) is 42.6 cm³/mol. The van der Waals surface area contributed by atoms with Crippen molar-refractivity contribution in [2.24, 2.45) is 0 Å². The summed E-state index contributed by atoms with van der Waals surface area (Å²) in [4.78, 5) is 0. The number of rotatable bonds is 0. The minimum Gasteiger partial charge on any atom is -0.307 e. The number of alkyl halides is 4. The Labute approximate surface area is 83.8 Å². The van der Waals surface area contributed by atoms with E-state index in [2.05, 4.69) is 16.1 Å². The summed E-state index contributed by atoms with van der Waals surface area (Å²) in [5, 5.41) is 0. The molecule has 1 heterocycles. The van der Waals surface area contributed by atoms with E-state index in [1.807, 2.05) is 0 Å². The molecule has 15 heavy (non-hydrogen) atoms. The van der Waals surface area contributed by atoms with Crippen LogP contribution in [0.25, 0.3) is 0 Å². The second kappa shape index (κ2) is 3.18. The highest BCUT2D eigenvalue weighted by atomic mass is 19.3. The summed E-state index contributed by atoms with van der Waals surface area (Å²) >= 11 is 0. The smallest absolute Gasteiger partial charge is 0.307 e. The van der Waals surface area contributed by atoms with Crippen LogP contribution in [-0.4, -0.2) is 24.4 Å². The van der Waals surface area contributed by atoms with E-state index in [9.17, 15) is 17.6 Å². The third kappa shape index (κ3) is 1.76. The van der Waals surface area contributed by atoms with Crippen LogP contribution in [0.5, 0.6) is 0 Å². The van der Waals surface area contributed by atoms with Crippen LogP contribution < -0.4 is 0 Å². The lowest BCUT2D eigenvalue weighted by atomic mass is 9.90. The number of halogens is 4. The van der Waals surface area contributed by atoms with Gasteiger partial charge in [0.15, 0.2) is 0 Å². The summed E-state index contributed by atoms with van der Waals surface area (Å²) < 4.78 is 59.2. The SMILES string of the molecule is C=C1CCC2OC(F)(F)C(F)(F)OC2C1. The van der Waals surface area contributed by atoms with E-state index >= 15 is 0 Å². The minimum absolute atomic E-state index is 0.149. The highest BCUT2D eigenvalue weighted by Gasteiger charge is 2.66. The summed E-state index contributed by atoms with van der Waals surface area (Å²) in [5.41, 5.74) is 0.723. The van der Waals surface area contributed by atoms with Gasteiger partial charge in [-0.1, -0.05) is 12.2 Å². The van der Waals surface area contributed by atoms with Gasteiger partial charge in [-0.25, -0.2) is 0 Å². The Kier molecular flexibility index (Phi) is 2.31. The zero-order valence-corrected chi connectivity index (χ0v) is 7.81. The van der Waals surface area contributed by atoms with Crippen molar-refractivity contribution in [1.82, 2.24) is 0 Å². The monoisotopic (exact) mass is 226 g/mol. The molecule has 6 heteroatoms. The van der Waals surface area contributed by atoms with Crippen LogP contribution in [0.3, 0.4) is 0 Å². The lowest BCUT2D eigenvalue weighted by Crippen LogP contribution is -2.58. The number of fused-ring (bicyclic) bond motifs is 1. The van der Waals surface area contributed by atoms with Crippen LogP contribution in [0.15, 0.2) is 12.2 Å². The third-order valence-corrected chi connectivity index (χ3v) is 2.62. The molecular weight excluding hydrogens is 216 g/mol. The van der Waals surface area contributed by atoms with Crippen LogP contribution >= 0.6 is 0 Å².